The zero-order valence-electron chi connectivity index (χ0n) is 25.3. The topological polar surface area (TPSA) is 38.7 Å². The van der Waals surface area contributed by atoms with Crippen LogP contribution in [-0.4, -0.2) is 15.0 Å². The average Bonchev–Trinajstić information content (AvgIpc) is 3.53. The van der Waals surface area contributed by atoms with Crippen molar-refractivity contribution in [2.24, 2.45) is 0 Å². The molecule has 0 radical (unpaired) electrons. The van der Waals surface area contributed by atoms with E-state index in [4.69, 9.17) is 15.0 Å². The van der Waals surface area contributed by atoms with Crippen LogP contribution >= 0.6 is 11.3 Å². The van der Waals surface area contributed by atoms with E-state index in [-0.39, 0.29) is 0 Å². The normalized spacial score (nSPS) is 11.4. The second-order valence-corrected chi connectivity index (χ2v) is 12.7. The summed E-state index contributed by atoms with van der Waals surface area (Å²) in [7, 11) is 0. The zero-order chi connectivity index (χ0) is 31.2. The third kappa shape index (κ3) is 4.96. The van der Waals surface area contributed by atoms with Crippen LogP contribution in [0, 0.1) is 0 Å². The van der Waals surface area contributed by atoms with E-state index in [2.05, 4.69) is 103 Å². The van der Waals surface area contributed by atoms with Crippen LogP contribution in [0.15, 0.2) is 164 Å². The van der Waals surface area contributed by atoms with Gasteiger partial charge in [0.25, 0.3) is 0 Å². The van der Waals surface area contributed by atoms with Gasteiger partial charge in [-0.05, 0) is 51.2 Å². The maximum absolute atomic E-state index is 5.06. The van der Waals surface area contributed by atoms with Gasteiger partial charge in [0.15, 0.2) is 17.5 Å². The molecule has 2 heterocycles. The molecule has 0 N–H and O–H groups in total. The van der Waals surface area contributed by atoms with Gasteiger partial charge in [0.2, 0.25) is 0 Å². The fraction of sp³-hybridized carbons (Fsp3) is 0. The van der Waals surface area contributed by atoms with Gasteiger partial charge in [-0.15, -0.1) is 11.3 Å². The van der Waals surface area contributed by atoms with Crippen LogP contribution in [0.25, 0.3) is 87.4 Å². The van der Waals surface area contributed by atoms with E-state index in [1.54, 1.807) is 11.3 Å². The fourth-order valence-corrected chi connectivity index (χ4v) is 7.55. The van der Waals surface area contributed by atoms with Crippen LogP contribution in [0.4, 0.5) is 0 Å². The quantitative estimate of drug-likeness (QED) is 0.193. The molecule has 0 aliphatic heterocycles. The first-order chi connectivity index (χ1) is 23.3. The molecule has 4 heteroatoms. The summed E-state index contributed by atoms with van der Waals surface area (Å²) in [6, 6.07) is 57.5. The number of nitrogens with zero attached hydrogens (tertiary/aromatic N) is 3. The molecule has 9 rings (SSSR count). The highest BCUT2D eigenvalue weighted by molar-refractivity contribution is 7.26. The lowest BCUT2D eigenvalue weighted by Gasteiger charge is -2.10. The van der Waals surface area contributed by atoms with Gasteiger partial charge in [0.05, 0.1) is 0 Å². The first-order valence-corrected chi connectivity index (χ1v) is 16.5. The first kappa shape index (κ1) is 27.3. The first-order valence-electron chi connectivity index (χ1n) is 15.7. The molecule has 220 valence electrons. The van der Waals surface area contributed by atoms with Crippen molar-refractivity contribution in [3.8, 4) is 56.4 Å². The van der Waals surface area contributed by atoms with Crippen molar-refractivity contribution in [3.63, 3.8) is 0 Å². The van der Waals surface area contributed by atoms with Gasteiger partial charge >= 0.3 is 0 Å². The van der Waals surface area contributed by atoms with E-state index < -0.39 is 0 Å². The van der Waals surface area contributed by atoms with Crippen LogP contribution in [0.1, 0.15) is 0 Å². The Labute approximate surface area is 276 Å². The van der Waals surface area contributed by atoms with Crippen LogP contribution in [0.3, 0.4) is 0 Å². The minimum Gasteiger partial charge on any atom is -0.208 e. The Kier molecular flexibility index (Phi) is 6.65. The third-order valence-electron chi connectivity index (χ3n) is 8.75. The molecule has 9 aromatic rings. The Hall–Kier alpha value is -5.97. The van der Waals surface area contributed by atoms with Crippen LogP contribution in [0.2, 0.25) is 0 Å². The molecule has 0 saturated heterocycles. The fourth-order valence-electron chi connectivity index (χ4n) is 6.44. The predicted octanol–water partition coefficient (Wildman–Crippen LogP) is 11.7. The van der Waals surface area contributed by atoms with Crippen LogP contribution in [-0.2, 0) is 0 Å². The number of fused-ring (bicyclic) bond motifs is 4. The summed E-state index contributed by atoms with van der Waals surface area (Å²) in [5, 5.41) is 4.90. The van der Waals surface area contributed by atoms with Gasteiger partial charge in [-0.3, -0.25) is 0 Å². The lowest BCUT2D eigenvalue weighted by Crippen LogP contribution is -2.00. The molecule has 0 aliphatic rings. The molecule has 0 unspecified atom stereocenters. The van der Waals surface area contributed by atoms with Gasteiger partial charge in [0, 0.05) is 36.9 Å². The molecule has 0 atom stereocenters. The minimum absolute atomic E-state index is 0.665. The largest absolute Gasteiger partial charge is 0.208 e. The second-order valence-electron chi connectivity index (χ2n) is 11.6. The van der Waals surface area contributed by atoms with E-state index in [9.17, 15) is 0 Å². The molecule has 2 aromatic heterocycles. The van der Waals surface area contributed by atoms with E-state index in [0.29, 0.717) is 17.5 Å². The highest BCUT2D eigenvalue weighted by Crippen LogP contribution is 2.41. The van der Waals surface area contributed by atoms with Crippen molar-refractivity contribution in [2.45, 2.75) is 0 Å². The van der Waals surface area contributed by atoms with Gasteiger partial charge in [-0.2, -0.15) is 0 Å². The van der Waals surface area contributed by atoms with Crippen LogP contribution < -0.4 is 0 Å². The molecule has 47 heavy (non-hydrogen) atoms. The van der Waals surface area contributed by atoms with E-state index >= 15 is 0 Å². The average molecular weight is 618 g/mol. The predicted molar refractivity (Wildman–Crippen MR) is 197 cm³/mol. The van der Waals surface area contributed by atoms with E-state index in [0.717, 1.165) is 16.7 Å². The highest BCUT2D eigenvalue weighted by Gasteiger charge is 2.17. The summed E-state index contributed by atoms with van der Waals surface area (Å²) in [6.45, 7) is 0. The molecule has 0 saturated carbocycles. The van der Waals surface area contributed by atoms with Crippen LogP contribution in [0.5, 0.6) is 0 Å². The Morgan fingerprint density at radius 3 is 1.66 bits per heavy atom. The number of aromatic nitrogens is 3. The van der Waals surface area contributed by atoms with Crippen molar-refractivity contribution in [3.05, 3.63) is 164 Å². The molecule has 7 aromatic carbocycles. The van der Waals surface area contributed by atoms with Gasteiger partial charge in [-0.25, -0.2) is 15.0 Å². The summed E-state index contributed by atoms with van der Waals surface area (Å²) in [6.07, 6.45) is 0. The third-order valence-corrected chi connectivity index (χ3v) is 9.89. The summed E-state index contributed by atoms with van der Waals surface area (Å²) in [5.74, 6) is 2.00. The lowest BCUT2D eigenvalue weighted by molar-refractivity contribution is 1.08. The van der Waals surface area contributed by atoms with Crippen molar-refractivity contribution >= 4 is 42.3 Å². The highest BCUT2D eigenvalue weighted by atomic mass is 32.1. The van der Waals surface area contributed by atoms with Gasteiger partial charge in [0.1, 0.15) is 0 Å². The summed E-state index contributed by atoms with van der Waals surface area (Å²) >= 11 is 1.81. The number of hydrogen-bond acceptors (Lipinski definition) is 4. The standard InChI is InChI=1S/C43H27N3S/c1-3-12-31(13-4-1)41-44-42(32-14-5-2-6-15-32)46-43(45-41)36-19-10-20-39-40(36)37-27-33(25-26-38(37)47-39)28-21-23-30(24-22-28)35-18-9-16-29-11-7-8-17-34(29)35/h1-27H. The smallest absolute Gasteiger partial charge is 0.164 e. The number of rotatable bonds is 5. The Morgan fingerprint density at radius 1 is 0.340 bits per heavy atom. The molecule has 0 spiro atoms. The molecule has 0 amide bonds. The number of hydrogen-bond donors (Lipinski definition) is 0. The van der Waals surface area contributed by atoms with Crippen molar-refractivity contribution in [1.82, 2.24) is 15.0 Å². The summed E-state index contributed by atoms with van der Waals surface area (Å²) in [4.78, 5) is 15.0. The summed E-state index contributed by atoms with van der Waals surface area (Å²) in [5.41, 5.74) is 7.77. The lowest BCUT2D eigenvalue weighted by atomic mass is 9.95. The monoisotopic (exact) mass is 617 g/mol. The molecule has 3 nitrogen and oxygen atoms in total. The number of benzene rings is 7. The van der Waals surface area contributed by atoms with Crippen molar-refractivity contribution in [1.29, 1.82) is 0 Å². The molecular formula is C43H27N3S. The maximum atomic E-state index is 5.06. The number of thiophene rings is 1. The summed E-state index contributed by atoms with van der Waals surface area (Å²) < 4.78 is 2.45. The van der Waals surface area contributed by atoms with Gasteiger partial charge in [-0.1, -0.05) is 146 Å². The van der Waals surface area contributed by atoms with Crippen molar-refractivity contribution in [2.75, 3.05) is 0 Å². The maximum Gasteiger partial charge on any atom is 0.164 e. The molecular weight excluding hydrogens is 591 g/mol. The second kappa shape index (κ2) is 11.4. The Morgan fingerprint density at radius 2 is 0.915 bits per heavy atom. The van der Waals surface area contributed by atoms with E-state index in [1.807, 2.05) is 60.7 Å². The SMILES string of the molecule is c1ccc(-c2nc(-c3ccccc3)nc(-c3cccc4sc5ccc(-c6ccc(-c7cccc8ccccc78)cc6)cc5c34)n2)cc1. The minimum atomic E-state index is 0.665. The molecule has 0 bridgehead atoms. The zero-order valence-corrected chi connectivity index (χ0v) is 26.2. The van der Waals surface area contributed by atoms with Gasteiger partial charge < -0.3 is 0 Å². The molecule has 0 fully saturated rings. The van der Waals surface area contributed by atoms with Crippen molar-refractivity contribution < 1.29 is 0 Å². The molecule has 0 aliphatic carbocycles. The Bertz CT molecular complexity index is 2490. The Balaban J connectivity index is 1.18. The van der Waals surface area contributed by atoms with E-state index in [1.165, 1.54) is 53.2 Å².